The topological polar surface area (TPSA) is 45.1 Å². The Morgan fingerprint density at radius 1 is 1.00 bits per heavy atom. The van der Waals surface area contributed by atoms with Crippen molar-refractivity contribution in [3.05, 3.63) is 65.9 Å². The number of ether oxygens (including phenoxy) is 4. The van der Waals surface area contributed by atoms with Crippen LogP contribution in [0.15, 0.2) is 54.7 Å². The number of piperidine rings is 1. The van der Waals surface area contributed by atoms with Gasteiger partial charge in [-0.25, -0.2) is 0 Å². The van der Waals surface area contributed by atoms with Crippen LogP contribution in [0.25, 0.3) is 10.9 Å². The summed E-state index contributed by atoms with van der Waals surface area (Å²) in [5.74, 6) is 0.556. The van der Waals surface area contributed by atoms with Gasteiger partial charge in [-0.05, 0) is 36.1 Å². The maximum atomic E-state index is 6.02. The second-order valence-electron chi connectivity index (χ2n) is 9.36. The molecule has 182 valence electrons. The summed E-state index contributed by atoms with van der Waals surface area (Å²) in [6.45, 7) is 6.90. The van der Waals surface area contributed by atoms with Crippen molar-refractivity contribution in [2.45, 2.75) is 51.2 Å². The van der Waals surface area contributed by atoms with E-state index in [1.165, 1.54) is 22.0 Å². The monoisotopic (exact) mass is 464 g/mol. The molecule has 1 spiro atoms. The molecular weight excluding hydrogens is 428 g/mol. The lowest BCUT2D eigenvalue weighted by Gasteiger charge is -2.43. The van der Waals surface area contributed by atoms with Crippen molar-refractivity contribution in [3.8, 4) is 5.75 Å². The van der Waals surface area contributed by atoms with Crippen LogP contribution in [-0.4, -0.2) is 55.3 Å². The first kappa shape index (κ1) is 23.4. The summed E-state index contributed by atoms with van der Waals surface area (Å²) in [5.41, 5.74) is 3.81. The van der Waals surface area contributed by atoms with Gasteiger partial charge in [0, 0.05) is 63.3 Å². The number of fused-ring (bicyclic) bond motifs is 1. The van der Waals surface area contributed by atoms with Gasteiger partial charge in [-0.1, -0.05) is 30.3 Å². The summed E-state index contributed by atoms with van der Waals surface area (Å²) >= 11 is 0. The predicted molar refractivity (Wildman–Crippen MR) is 133 cm³/mol. The molecule has 5 rings (SSSR count). The van der Waals surface area contributed by atoms with E-state index in [1.54, 1.807) is 7.11 Å². The third-order valence-corrected chi connectivity index (χ3v) is 7.00. The normalized spacial score (nSPS) is 18.5. The molecule has 0 bridgehead atoms. The highest BCUT2D eigenvalue weighted by Crippen LogP contribution is 2.33. The Morgan fingerprint density at radius 3 is 2.56 bits per heavy atom. The second kappa shape index (κ2) is 10.9. The number of rotatable bonds is 9. The zero-order valence-corrected chi connectivity index (χ0v) is 20.2. The van der Waals surface area contributed by atoms with Crippen molar-refractivity contribution in [2.24, 2.45) is 0 Å². The first-order valence-electron chi connectivity index (χ1n) is 12.5. The van der Waals surface area contributed by atoms with Gasteiger partial charge in [-0.3, -0.25) is 4.90 Å². The van der Waals surface area contributed by atoms with E-state index in [4.69, 9.17) is 18.9 Å². The quantitative estimate of drug-likeness (QED) is 0.418. The fourth-order valence-corrected chi connectivity index (χ4v) is 5.09. The minimum absolute atomic E-state index is 0.337. The molecule has 0 atom stereocenters. The van der Waals surface area contributed by atoms with Gasteiger partial charge in [-0.2, -0.15) is 0 Å². The molecule has 2 saturated heterocycles. The summed E-state index contributed by atoms with van der Waals surface area (Å²) in [6, 6.07) is 16.8. The fraction of sp³-hybridized carbons (Fsp3) is 0.500. The standard InChI is InChI=1S/C28H36N2O4/c1-31-25-9-10-26-24(20-29-14-11-28(12-15-29)33-17-6-18-34-28)21-30(27(26)19-25)13-5-16-32-22-23-7-3-2-4-8-23/h2-4,7-10,19,21H,5-6,11-18,20,22H2,1H3. The van der Waals surface area contributed by atoms with E-state index in [9.17, 15) is 0 Å². The first-order valence-corrected chi connectivity index (χ1v) is 12.5. The lowest BCUT2D eigenvalue weighted by Crippen LogP contribution is -2.49. The molecule has 1 aromatic heterocycles. The number of benzene rings is 2. The largest absolute Gasteiger partial charge is 0.497 e. The van der Waals surface area contributed by atoms with Gasteiger partial charge in [0.1, 0.15) is 5.75 Å². The molecule has 2 fully saturated rings. The number of methoxy groups -OCH3 is 1. The molecule has 0 radical (unpaired) electrons. The Hall–Kier alpha value is -2.38. The van der Waals surface area contributed by atoms with E-state index in [-0.39, 0.29) is 5.79 Å². The van der Waals surface area contributed by atoms with Crippen LogP contribution >= 0.6 is 0 Å². The van der Waals surface area contributed by atoms with Crippen molar-refractivity contribution in [1.29, 1.82) is 0 Å². The number of aromatic nitrogens is 1. The molecule has 0 amide bonds. The molecule has 2 aliphatic heterocycles. The molecule has 0 N–H and O–H groups in total. The molecular formula is C28H36N2O4. The highest BCUT2D eigenvalue weighted by molar-refractivity contribution is 5.85. The molecule has 2 aliphatic rings. The average Bonchev–Trinajstić information content (AvgIpc) is 3.23. The third-order valence-electron chi connectivity index (χ3n) is 7.00. The number of hydrogen-bond acceptors (Lipinski definition) is 5. The zero-order valence-electron chi connectivity index (χ0n) is 20.2. The van der Waals surface area contributed by atoms with Crippen molar-refractivity contribution >= 4 is 10.9 Å². The number of hydrogen-bond donors (Lipinski definition) is 0. The Morgan fingerprint density at radius 2 is 1.79 bits per heavy atom. The molecule has 6 nitrogen and oxygen atoms in total. The minimum atomic E-state index is -0.337. The highest BCUT2D eigenvalue weighted by Gasteiger charge is 2.38. The molecule has 0 saturated carbocycles. The first-order chi connectivity index (χ1) is 16.7. The van der Waals surface area contributed by atoms with Crippen LogP contribution in [0.2, 0.25) is 0 Å². The van der Waals surface area contributed by atoms with Gasteiger partial charge in [0.05, 0.1) is 32.4 Å². The smallest absolute Gasteiger partial charge is 0.170 e. The van der Waals surface area contributed by atoms with E-state index in [0.717, 1.165) is 77.4 Å². The molecule has 3 heterocycles. The summed E-state index contributed by atoms with van der Waals surface area (Å²) in [5, 5.41) is 1.30. The Balaban J connectivity index is 1.21. The highest BCUT2D eigenvalue weighted by atomic mass is 16.7. The summed E-state index contributed by atoms with van der Waals surface area (Å²) < 4.78 is 25.8. The van der Waals surface area contributed by atoms with Gasteiger partial charge in [0.25, 0.3) is 0 Å². The average molecular weight is 465 g/mol. The van der Waals surface area contributed by atoms with Gasteiger partial charge in [-0.15, -0.1) is 0 Å². The van der Waals surface area contributed by atoms with Crippen LogP contribution in [0, 0.1) is 0 Å². The molecule has 34 heavy (non-hydrogen) atoms. The van der Waals surface area contributed by atoms with Crippen LogP contribution in [0.1, 0.15) is 36.8 Å². The second-order valence-corrected chi connectivity index (χ2v) is 9.36. The van der Waals surface area contributed by atoms with Crippen molar-refractivity contribution in [1.82, 2.24) is 9.47 Å². The van der Waals surface area contributed by atoms with Crippen molar-refractivity contribution < 1.29 is 18.9 Å². The third kappa shape index (κ3) is 5.47. The predicted octanol–water partition coefficient (Wildman–Crippen LogP) is 4.99. The Bertz CT molecular complexity index is 1050. The van der Waals surface area contributed by atoms with Crippen molar-refractivity contribution in [3.63, 3.8) is 0 Å². The lowest BCUT2D eigenvalue weighted by atomic mass is 10.0. The van der Waals surface area contributed by atoms with Gasteiger partial charge >= 0.3 is 0 Å². The summed E-state index contributed by atoms with van der Waals surface area (Å²) in [4.78, 5) is 2.53. The van der Waals surface area contributed by atoms with Crippen LogP contribution in [-0.2, 0) is 33.9 Å². The lowest BCUT2D eigenvalue weighted by molar-refractivity contribution is -0.284. The number of aryl methyl sites for hydroxylation is 1. The van der Waals surface area contributed by atoms with E-state index in [2.05, 4.69) is 58.1 Å². The van der Waals surface area contributed by atoms with Crippen LogP contribution < -0.4 is 4.74 Å². The maximum Gasteiger partial charge on any atom is 0.170 e. The van der Waals surface area contributed by atoms with E-state index >= 15 is 0 Å². The van der Waals surface area contributed by atoms with Gasteiger partial charge in [0.2, 0.25) is 0 Å². The molecule has 2 aromatic carbocycles. The SMILES string of the molecule is COc1ccc2c(CN3CCC4(CC3)OCCCO4)cn(CCCOCc3ccccc3)c2c1. The number of likely N-dealkylation sites (tertiary alicyclic amines) is 1. The van der Waals surface area contributed by atoms with E-state index in [0.29, 0.717) is 6.61 Å². The van der Waals surface area contributed by atoms with Crippen LogP contribution in [0.5, 0.6) is 5.75 Å². The molecule has 6 heteroatoms. The fourth-order valence-electron chi connectivity index (χ4n) is 5.09. The molecule has 3 aromatic rings. The Labute approximate surface area is 202 Å². The molecule has 0 unspecified atom stereocenters. The Kier molecular flexibility index (Phi) is 7.50. The zero-order chi connectivity index (χ0) is 23.2. The number of nitrogens with zero attached hydrogens (tertiary/aromatic N) is 2. The van der Waals surface area contributed by atoms with E-state index in [1.807, 2.05) is 6.07 Å². The maximum absolute atomic E-state index is 6.02. The van der Waals surface area contributed by atoms with Crippen LogP contribution in [0.4, 0.5) is 0 Å². The molecule has 0 aliphatic carbocycles. The van der Waals surface area contributed by atoms with Crippen molar-refractivity contribution in [2.75, 3.05) is 40.0 Å². The summed E-state index contributed by atoms with van der Waals surface area (Å²) in [7, 11) is 1.73. The van der Waals surface area contributed by atoms with E-state index < -0.39 is 0 Å². The summed E-state index contributed by atoms with van der Waals surface area (Å²) in [6.07, 6.45) is 6.18. The van der Waals surface area contributed by atoms with Gasteiger partial charge in [0.15, 0.2) is 5.79 Å². The van der Waals surface area contributed by atoms with Gasteiger partial charge < -0.3 is 23.5 Å². The van der Waals surface area contributed by atoms with Crippen LogP contribution in [0.3, 0.4) is 0 Å². The minimum Gasteiger partial charge on any atom is -0.497 e.